The van der Waals surface area contributed by atoms with Gasteiger partial charge >= 0.3 is 0 Å². The van der Waals surface area contributed by atoms with Crippen molar-refractivity contribution in [3.63, 3.8) is 0 Å². The van der Waals surface area contributed by atoms with Crippen LogP contribution in [0.15, 0.2) is 36.7 Å². The Kier molecular flexibility index (Phi) is 4.77. The topological polar surface area (TPSA) is 66.4 Å². The third-order valence-electron chi connectivity index (χ3n) is 4.11. The zero-order valence-electron chi connectivity index (χ0n) is 13.4. The Balaban J connectivity index is 1.75. The van der Waals surface area contributed by atoms with Gasteiger partial charge in [-0.25, -0.2) is 22.8 Å². The summed E-state index contributed by atoms with van der Waals surface area (Å²) in [5, 5.41) is 0. The van der Waals surface area contributed by atoms with Crippen molar-refractivity contribution in [3.8, 4) is 11.3 Å². The Morgan fingerprint density at radius 1 is 1.08 bits per heavy atom. The standard InChI is InChI=1S/C16H19FN4O2S/c1-2-24(22,23)21-9-7-20(8-10-21)16-11-15(18-12-19-16)13-3-5-14(17)6-4-13/h3-6,11-12H,2,7-10H2,1H3. The van der Waals surface area contributed by atoms with Gasteiger partial charge in [0.15, 0.2) is 0 Å². The van der Waals surface area contributed by atoms with Crippen LogP contribution in [-0.2, 0) is 10.0 Å². The molecule has 1 aliphatic heterocycles. The fraction of sp³-hybridized carbons (Fsp3) is 0.375. The molecule has 1 aliphatic rings. The monoisotopic (exact) mass is 350 g/mol. The summed E-state index contributed by atoms with van der Waals surface area (Å²) in [6.45, 7) is 3.72. The Morgan fingerprint density at radius 2 is 1.75 bits per heavy atom. The third-order valence-corrected chi connectivity index (χ3v) is 5.99. The molecule has 1 aromatic heterocycles. The summed E-state index contributed by atoms with van der Waals surface area (Å²) in [4.78, 5) is 10.6. The molecule has 0 atom stereocenters. The van der Waals surface area contributed by atoms with Crippen molar-refractivity contribution < 1.29 is 12.8 Å². The highest BCUT2D eigenvalue weighted by Gasteiger charge is 2.26. The Hall–Kier alpha value is -2.06. The first-order valence-electron chi connectivity index (χ1n) is 7.80. The van der Waals surface area contributed by atoms with E-state index < -0.39 is 10.0 Å². The molecule has 0 unspecified atom stereocenters. The molecule has 24 heavy (non-hydrogen) atoms. The molecule has 0 spiro atoms. The molecule has 1 saturated heterocycles. The van der Waals surface area contributed by atoms with Crippen molar-refractivity contribution in [2.45, 2.75) is 6.92 Å². The van der Waals surface area contributed by atoms with Crippen molar-refractivity contribution in [2.24, 2.45) is 0 Å². The van der Waals surface area contributed by atoms with Crippen LogP contribution in [0, 0.1) is 5.82 Å². The summed E-state index contributed by atoms with van der Waals surface area (Å²) in [7, 11) is -3.14. The molecule has 0 N–H and O–H groups in total. The molecular formula is C16H19FN4O2S. The van der Waals surface area contributed by atoms with E-state index in [0.29, 0.717) is 31.9 Å². The smallest absolute Gasteiger partial charge is 0.213 e. The lowest BCUT2D eigenvalue weighted by Gasteiger charge is -2.34. The molecule has 0 amide bonds. The van der Waals surface area contributed by atoms with Gasteiger partial charge in [0.2, 0.25) is 10.0 Å². The first-order valence-corrected chi connectivity index (χ1v) is 9.41. The zero-order valence-corrected chi connectivity index (χ0v) is 14.2. The molecule has 2 heterocycles. The highest BCUT2D eigenvalue weighted by molar-refractivity contribution is 7.89. The number of aromatic nitrogens is 2. The van der Waals surface area contributed by atoms with E-state index in [1.807, 2.05) is 11.0 Å². The van der Waals surface area contributed by atoms with Gasteiger partial charge in [-0.3, -0.25) is 0 Å². The van der Waals surface area contributed by atoms with Crippen LogP contribution in [0.1, 0.15) is 6.92 Å². The average molecular weight is 350 g/mol. The minimum Gasteiger partial charge on any atom is -0.354 e. The van der Waals surface area contributed by atoms with Crippen molar-refractivity contribution >= 4 is 15.8 Å². The lowest BCUT2D eigenvalue weighted by molar-refractivity contribution is 0.384. The summed E-state index contributed by atoms with van der Waals surface area (Å²) in [6, 6.07) is 7.98. The molecule has 1 fully saturated rings. The van der Waals surface area contributed by atoms with Gasteiger partial charge in [0.1, 0.15) is 18.0 Å². The number of hydrogen-bond donors (Lipinski definition) is 0. The van der Waals surface area contributed by atoms with Crippen LogP contribution in [0.25, 0.3) is 11.3 Å². The second kappa shape index (κ2) is 6.82. The fourth-order valence-corrected chi connectivity index (χ4v) is 3.76. The number of anilines is 1. The zero-order chi connectivity index (χ0) is 17.2. The number of nitrogens with zero attached hydrogens (tertiary/aromatic N) is 4. The van der Waals surface area contributed by atoms with E-state index in [9.17, 15) is 12.8 Å². The number of sulfonamides is 1. The van der Waals surface area contributed by atoms with Gasteiger partial charge in [0, 0.05) is 37.8 Å². The molecule has 8 heteroatoms. The predicted octanol–water partition coefficient (Wildman–Crippen LogP) is 1.75. The molecule has 128 valence electrons. The summed E-state index contributed by atoms with van der Waals surface area (Å²) in [5.41, 5.74) is 1.52. The Labute approximate surface area is 141 Å². The Morgan fingerprint density at radius 3 is 2.38 bits per heavy atom. The molecule has 1 aromatic carbocycles. The van der Waals surface area contributed by atoms with Crippen LogP contribution in [0.5, 0.6) is 0 Å². The number of rotatable bonds is 4. The normalized spacial score (nSPS) is 16.3. The maximum absolute atomic E-state index is 13.0. The first-order chi connectivity index (χ1) is 11.5. The van der Waals surface area contributed by atoms with E-state index in [1.54, 1.807) is 19.1 Å². The molecule has 0 saturated carbocycles. The maximum Gasteiger partial charge on any atom is 0.213 e. The molecule has 0 radical (unpaired) electrons. The third kappa shape index (κ3) is 3.54. The van der Waals surface area contributed by atoms with Crippen LogP contribution in [0.4, 0.5) is 10.2 Å². The van der Waals surface area contributed by atoms with Crippen molar-refractivity contribution in [2.75, 3.05) is 36.8 Å². The number of halogens is 1. The molecule has 0 aliphatic carbocycles. The van der Waals surface area contributed by atoms with Crippen molar-refractivity contribution in [1.29, 1.82) is 0 Å². The number of piperazine rings is 1. The molecule has 2 aromatic rings. The second-order valence-electron chi connectivity index (χ2n) is 5.55. The molecule has 0 bridgehead atoms. The van der Waals surface area contributed by atoms with E-state index in [2.05, 4.69) is 9.97 Å². The van der Waals surface area contributed by atoms with E-state index in [1.165, 1.54) is 22.8 Å². The van der Waals surface area contributed by atoms with Crippen LogP contribution in [0.2, 0.25) is 0 Å². The van der Waals surface area contributed by atoms with E-state index in [-0.39, 0.29) is 11.6 Å². The highest BCUT2D eigenvalue weighted by Crippen LogP contribution is 2.22. The molecule has 6 nitrogen and oxygen atoms in total. The van der Waals surface area contributed by atoms with Gasteiger partial charge in [-0.1, -0.05) is 0 Å². The molecular weight excluding hydrogens is 331 g/mol. The lowest BCUT2D eigenvalue weighted by atomic mass is 10.1. The SMILES string of the molecule is CCS(=O)(=O)N1CCN(c2cc(-c3ccc(F)cc3)ncn2)CC1. The van der Waals surface area contributed by atoms with E-state index in [4.69, 9.17) is 0 Å². The number of benzene rings is 1. The number of hydrogen-bond acceptors (Lipinski definition) is 5. The second-order valence-corrected chi connectivity index (χ2v) is 7.81. The summed E-state index contributed by atoms with van der Waals surface area (Å²) in [5.74, 6) is 0.578. The quantitative estimate of drug-likeness (QED) is 0.840. The van der Waals surface area contributed by atoms with Crippen molar-refractivity contribution in [1.82, 2.24) is 14.3 Å². The lowest BCUT2D eigenvalue weighted by Crippen LogP contribution is -2.49. The fourth-order valence-electron chi connectivity index (χ4n) is 2.68. The van der Waals surface area contributed by atoms with Gasteiger partial charge in [-0.15, -0.1) is 0 Å². The average Bonchev–Trinajstić information content (AvgIpc) is 2.62. The van der Waals surface area contributed by atoms with Crippen LogP contribution >= 0.6 is 0 Å². The van der Waals surface area contributed by atoms with Gasteiger partial charge in [0.05, 0.1) is 11.4 Å². The summed E-state index contributed by atoms with van der Waals surface area (Å²) in [6.07, 6.45) is 1.48. The van der Waals surface area contributed by atoms with Crippen molar-refractivity contribution in [3.05, 3.63) is 42.5 Å². The van der Waals surface area contributed by atoms with Gasteiger partial charge in [-0.05, 0) is 31.2 Å². The minimum absolute atomic E-state index is 0.120. The van der Waals surface area contributed by atoms with Crippen LogP contribution < -0.4 is 4.90 Å². The van der Waals surface area contributed by atoms with E-state index >= 15 is 0 Å². The highest BCUT2D eigenvalue weighted by atomic mass is 32.2. The van der Waals surface area contributed by atoms with E-state index in [0.717, 1.165) is 11.4 Å². The Bertz CT molecular complexity index is 803. The van der Waals surface area contributed by atoms with Gasteiger partial charge in [-0.2, -0.15) is 4.31 Å². The maximum atomic E-state index is 13.0. The minimum atomic E-state index is -3.14. The summed E-state index contributed by atoms with van der Waals surface area (Å²) < 4.78 is 38.4. The first kappa shape index (κ1) is 16.8. The van der Waals surface area contributed by atoms with Gasteiger partial charge in [0.25, 0.3) is 0 Å². The van der Waals surface area contributed by atoms with Crippen LogP contribution in [-0.4, -0.2) is 54.6 Å². The molecule has 3 rings (SSSR count). The summed E-state index contributed by atoms with van der Waals surface area (Å²) >= 11 is 0. The largest absolute Gasteiger partial charge is 0.354 e. The van der Waals surface area contributed by atoms with Crippen LogP contribution in [0.3, 0.4) is 0 Å². The van der Waals surface area contributed by atoms with Gasteiger partial charge < -0.3 is 4.90 Å². The predicted molar refractivity (Wildman–Crippen MR) is 90.7 cm³/mol.